The predicted molar refractivity (Wildman–Crippen MR) is 93.3 cm³/mol. The molecular formula is C17H16F3N3O3S. The summed E-state index contributed by atoms with van der Waals surface area (Å²) in [5.41, 5.74) is 2.09. The lowest BCUT2D eigenvalue weighted by atomic mass is 10.2. The van der Waals surface area contributed by atoms with E-state index >= 15 is 0 Å². The van der Waals surface area contributed by atoms with Crippen molar-refractivity contribution in [3.05, 3.63) is 41.7 Å². The number of nitrogens with zero attached hydrogens (tertiary/aromatic N) is 2. The van der Waals surface area contributed by atoms with Gasteiger partial charge in [-0.25, -0.2) is 0 Å². The molecule has 0 aliphatic heterocycles. The number of H-pyrrole nitrogens is 1. The van der Waals surface area contributed by atoms with E-state index in [9.17, 15) is 17.7 Å². The molecule has 0 aliphatic carbocycles. The Balaban J connectivity index is 1.78. The van der Waals surface area contributed by atoms with Crippen LogP contribution < -0.4 is 9.47 Å². The van der Waals surface area contributed by atoms with Crippen LogP contribution >= 0.6 is 0 Å². The lowest BCUT2D eigenvalue weighted by Gasteiger charge is -2.14. The molecule has 0 unspecified atom stereocenters. The topological polar surface area (TPSA) is 83.1 Å². The van der Waals surface area contributed by atoms with Crippen LogP contribution in [0.2, 0.25) is 0 Å². The summed E-state index contributed by atoms with van der Waals surface area (Å²) in [5, 5.41) is 0.251. The maximum atomic E-state index is 12.6. The standard InChI is InChI=1S/C17H16F3N3O3S/c1-10-14(21-6-5-15(10)26-9-17(18,19)20)8-27(24)16-22-12-4-3-11(25-2)7-13(12)23-16/h3-7H,8-9H2,1-2H3,(H,22,23)/t27-/m0/s1. The minimum absolute atomic E-state index is 0.00793. The summed E-state index contributed by atoms with van der Waals surface area (Å²) in [5.74, 6) is 0.675. The summed E-state index contributed by atoms with van der Waals surface area (Å²) in [6.45, 7) is 0.181. The molecule has 0 fully saturated rings. The van der Waals surface area contributed by atoms with Crippen LogP contribution in [-0.4, -0.2) is 39.4 Å². The predicted octanol–water partition coefficient (Wildman–Crippen LogP) is 3.52. The molecule has 10 heteroatoms. The zero-order chi connectivity index (χ0) is 19.6. The number of nitrogens with one attached hydrogen (secondary N) is 1. The molecule has 3 aromatic rings. The zero-order valence-electron chi connectivity index (χ0n) is 14.5. The van der Waals surface area contributed by atoms with Crippen molar-refractivity contribution in [1.82, 2.24) is 15.0 Å². The van der Waals surface area contributed by atoms with Crippen LogP contribution in [0.5, 0.6) is 11.5 Å². The largest absolute Gasteiger partial charge is 0.609 e. The molecule has 0 radical (unpaired) electrons. The highest BCUT2D eigenvalue weighted by Crippen LogP contribution is 2.26. The second-order valence-electron chi connectivity index (χ2n) is 5.70. The quantitative estimate of drug-likeness (QED) is 0.641. The van der Waals surface area contributed by atoms with Crippen molar-refractivity contribution in [2.24, 2.45) is 0 Å². The van der Waals surface area contributed by atoms with Gasteiger partial charge in [-0.15, -0.1) is 0 Å². The molecule has 0 amide bonds. The molecule has 144 valence electrons. The number of hydrogen-bond donors (Lipinski definition) is 1. The van der Waals surface area contributed by atoms with E-state index in [0.29, 0.717) is 28.0 Å². The Hall–Kier alpha value is -2.46. The van der Waals surface area contributed by atoms with Crippen LogP contribution in [0.15, 0.2) is 35.6 Å². The van der Waals surface area contributed by atoms with Gasteiger partial charge in [-0.2, -0.15) is 18.2 Å². The van der Waals surface area contributed by atoms with Gasteiger partial charge in [0, 0.05) is 29.0 Å². The van der Waals surface area contributed by atoms with Gasteiger partial charge in [-0.05, 0) is 25.1 Å². The first-order valence-electron chi connectivity index (χ1n) is 7.83. The highest BCUT2D eigenvalue weighted by atomic mass is 32.2. The number of aromatic amines is 1. The third kappa shape index (κ3) is 4.64. The van der Waals surface area contributed by atoms with E-state index in [0.717, 1.165) is 0 Å². The van der Waals surface area contributed by atoms with Gasteiger partial charge in [-0.1, -0.05) is 0 Å². The minimum Gasteiger partial charge on any atom is -0.609 e. The number of benzene rings is 1. The first-order valence-corrected chi connectivity index (χ1v) is 9.15. The Bertz CT molecular complexity index is 946. The molecule has 1 N–H and O–H groups in total. The maximum Gasteiger partial charge on any atom is 0.422 e. The fourth-order valence-corrected chi connectivity index (χ4v) is 3.51. The van der Waals surface area contributed by atoms with Crippen molar-refractivity contribution >= 4 is 22.2 Å². The van der Waals surface area contributed by atoms with Gasteiger partial charge >= 0.3 is 11.3 Å². The SMILES string of the molecule is COc1ccc2[nH]c([S@@+]([O-])Cc3nccc(OCC(F)(F)F)c3C)nc2c1. The van der Waals surface area contributed by atoms with Gasteiger partial charge in [-0.3, -0.25) is 9.97 Å². The van der Waals surface area contributed by atoms with Gasteiger partial charge < -0.3 is 14.0 Å². The lowest BCUT2D eigenvalue weighted by Crippen LogP contribution is -2.20. The number of pyridine rings is 1. The molecule has 1 aromatic carbocycles. The van der Waals surface area contributed by atoms with Crippen molar-refractivity contribution < 1.29 is 27.2 Å². The summed E-state index contributed by atoms with van der Waals surface area (Å²) in [7, 11) is 1.54. The number of hydrogen-bond acceptors (Lipinski definition) is 5. The normalized spacial score (nSPS) is 13.0. The molecule has 0 spiro atoms. The van der Waals surface area contributed by atoms with E-state index in [1.807, 2.05) is 0 Å². The Morgan fingerprint density at radius 2 is 2.04 bits per heavy atom. The van der Waals surface area contributed by atoms with Crippen molar-refractivity contribution in [3.8, 4) is 11.5 Å². The van der Waals surface area contributed by atoms with Crippen molar-refractivity contribution in [2.75, 3.05) is 13.7 Å². The van der Waals surface area contributed by atoms with E-state index in [-0.39, 0.29) is 16.7 Å². The third-order valence-corrected chi connectivity index (χ3v) is 4.96. The van der Waals surface area contributed by atoms with Crippen LogP contribution in [0.3, 0.4) is 0 Å². The number of fused-ring (bicyclic) bond motifs is 1. The molecular weight excluding hydrogens is 383 g/mol. The minimum atomic E-state index is -4.44. The molecule has 0 saturated heterocycles. The third-order valence-electron chi connectivity index (χ3n) is 3.80. The van der Waals surface area contributed by atoms with E-state index in [1.165, 1.54) is 19.4 Å². The first kappa shape index (κ1) is 19.3. The number of halogens is 3. The van der Waals surface area contributed by atoms with Gasteiger partial charge in [0.2, 0.25) is 0 Å². The molecule has 0 aliphatic rings. The summed E-state index contributed by atoms with van der Waals surface area (Å²) >= 11 is -1.56. The number of rotatable bonds is 6. The van der Waals surface area contributed by atoms with Crippen molar-refractivity contribution in [3.63, 3.8) is 0 Å². The summed E-state index contributed by atoms with van der Waals surface area (Å²) in [6.07, 6.45) is -3.11. The summed E-state index contributed by atoms with van der Waals surface area (Å²) in [4.78, 5) is 11.4. The molecule has 0 bridgehead atoms. The first-order chi connectivity index (χ1) is 12.8. The van der Waals surface area contributed by atoms with E-state index in [2.05, 4.69) is 15.0 Å². The Kier molecular flexibility index (Phi) is 5.47. The van der Waals surface area contributed by atoms with Gasteiger partial charge in [0.25, 0.3) is 0 Å². The van der Waals surface area contributed by atoms with Gasteiger partial charge in [0.1, 0.15) is 11.5 Å². The smallest absolute Gasteiger partial charge is 0.422 e. The second-order valence-corrected chi connectivity index (χ2v) is 7.07. The molecule has 1 atom stereocenters. The maximum absolute atomic E-state index is 12.6. The highest BCUT2D eigenvalue weighted by Gasteiger charge is 2.29. The Morgan fingerprint density at radius 1 is 1.26 bits per heavy atom. The van der Waals surface area contributed by atoms with Crippen LogP contribution in [0.25, 0.3) is 11.0 Å². The molecule has 6 nitrogen and oxygen atoms in total. The molecule has 3 rings (SSSR count). The Labute approximate surface area is 155 Å². The Morgan fingerprint density at radius 3 is 2.74 bits per heavy atom. The number of alkyl halides is 3. The van der Waals surface area contributed by atoms with Crippen LogP contribution in [0, 0.1) is 6.92 Å². The number of imidazole rings is 1. The fraction of sp³-hybridized carbons (Fsp3) is 0.294. The van der Waals surface area contributed by atoms with Crippen LogP contribution in [0.1, 0.15) is 11.3 Å². The number of ether oxygens (including phenoxy) is 2. The summed E-state index contributed by atoms with van der Waals surface area (Å²) in [6, 6.07) is 6.57. The summed E-state index contributed by atoms with van der Waals surface area (Å²) < 4.78 is 59.6. The highest BCUT2D eigenvalue weighted by molar-refractivity contribution is 7.90. The van der Waals surface area contributed by atoms with Crippen LogP contribution in [-0.2, 0) is 16.9 Å². The molecule has 27 heavy (non-hydrogen) atoms. The zero-order valence-corrected chi connectivity index (χ0v) is 15.3. The number of aromatic nitrogens is 3. The average Bonchev–Trinajstić information content (AvgIpc) is 3.05. The average molecular weight is 399 g/mol. The van der Waals surface area contributed by atoms with Gasteiger partial charge in [0.05, 0.1) is 23.8 Å². The monoisotopic (exact) mass is 399 g/mol. The van der Waals surface area contributed by atoms with Crippen molar-refractivity contribution in [1.29, 1.82) is 0 Å². The lowest BCUT2D eigenvalue weighted by molar-refractivity contribution is -0.153. The molecule has 2 heterocycles. The number of methoxy groups -OCH3 is 1. The van der Waals surface area contributed by atoms with Crippen molar-refractivity contribution in [2.45, 2.75) is 24.0 Å². The molecule has 2 aromatic heterocycles. The fourth-order valence-electron chi connectivity index (χ4n) is 2.41. The van der Waals surface area contributed by atoms with E-state index in [1.54, 1.807) is 25.1 Å². The van der Waals surface area contributed by atoms with Crippen LogP contribution in [0.4, 0.5) is 13.2 Å². The second kappa shape index (κ2) is 7.65. The van der Waals surface area contributed by atoms with E-state index < -0.39 is 24.0 Å². The van der Waals surface area contributed by atoms with E-state index in [4.69, 9.17) is 9.47 Å². The molecule has 0 saturated carbocycles. The van der Waals surface area contributed by atoms with Gasteiger partial charge in [0.15, 0.2) is 12.4 Å².